The van der Waals surface area contributed by atoms with Gasteiger partial charge in [-0.2, -0.15) is 18.2 Å². The molecule has 0 bridgehead atoms. The van der Waals surface area contributed by atoms with Crippen LogP contribution in [0.25, 0.3) is 122 Å². The molecule has 0 amide bonds. The Morgan fingerprint density at radius 2 is 1.05 bits per heavy atom. The van der Waals surface area contributed by atoms with Crippen molar-refractivity contribution in [1.82, 2.24) is 18.7 Å². The number of nitrogens with zero attached hydrogens (tertiary/aromatic N) is 5. The molecule has 0 aliphatic carbocycles. The average Bonchev–Trinajstić information content (AvgIpc) is 1.65. The maximum absolute atomic E-state index is 10.1. The molecule has 0 saturated carbocycles. The zero-order valence-electron chi connectivity index (χ0n) is 53.2. The van der Waals surface area contributed by atoms with Gasteiger partial charge in [0.2, 0.25) is 0 Å². The van der Waals surface area contributed by atoms with Crippen molar-refractivity contribution in [1.29, 1.82) is 0 Å². The van der Waals surface area contributed by atoms with E-state index >= 15 is 0 Å². The van der Waals surface area contributed by atoms with Crippen LogP contribution in [-0.2, 0) is 31.9 Å². The molecule has 1 aliphatic heterocycles. The SMILES string of the molecule is [2H]c1c([2H])c([2H])c2c(c1[2H])-c1cccc(-c3ccc(C(C)(C)C)cc3)c1-[n+]1[c-]n(-c3[c-]c(Oc4[c-]c5c(cc4)c4ccccc4n5-c4cc(C(C)(C)C)ccn4)ccc3)c3cc(-n4c5ccccc5c5ccccc54)cc(c31)-c1c([2H])c([2H])c([2H])c([2H])c1-2.[Pt]. The predicted molar refractivity (Wildman–Crippen MR) is 327 cm³/mol. The molecule has 81 heavy (non-hydrogen) atoms. The van der Waals surface area contributed by atoms with Crippen molar-refractivity contribution in [2.45, 2.75) is 52.4 Å². The van der Waals surface area contributed by atoms with Crippen LogP contribution >= 0.6 is 0 Å². The van der Waals surface area contributed by atoms with E-state index in [4.69, 9.17) is 9.72 Å². The minimum absolute atomic E-state index is 0. The average molecular weight is 1230 g/mol. The molecule has 10 aromatic carbocycles. The number of benzene rings is 10. The minimum atomic E-state index is -0.545. The first-order valence-corrected chi connectivity index (χ1v) is 26.9. The number of ether oxygens (including phenoxy) is 1. The van der Waals surface area contributed by atoms with Crippen LogP contribution in [0, 0.1) is 18.5 Å². The standard InChI is InChI=1S/C74H55N5O.Pt/c1-73(2,3)48-35-33-47(34-36-48)54-28-18-29-63-57-23-9-7-21-55(57)56-22-8-10-24-58(56)64-43-51(78-65-30-14-11-25-59(65)60-26-12-15-31-66(60)78)44-69-72(64)77(71(54)63)46-76(69)50-19-17-20-52(42-50)80-53-37-38-62-61-27-13-16-32-67(61)79(68(62)45-53)70-41-49(39-40-75-70)74(4,5)6;/h7-41,43-44H,1-6H3;/q-2;/i7D,8D,9D,10D,21D,22D,23D,24D;. The topological polar surface area (TPSA) is 40.8 Å². The molecule has 0 saturated heterocycles. The molecule has 0 fully saturated rings. The van der Waals surface area contributed by atoms with Gasteiger partial charge in [0, 0.05) is 60.7 Å². The molecule has 5 heterocycles. The van der Waals surface area contributed by atoms with E-state index in [1.165, 1.54) is 0 Å². The number of pyridine rings is 1. The summed E-state index contributed by atoms with van der Waals surface area (Å²) >= 11 is 0. The van der Waals surface area contributed by atoms with E-state index in [0.29, 0.717) is 56.3 Å². The van der Waals surface area contributed by atoms with Crippen molar-refractivity contribution in [3.05, 3.63) is 254 Å². The largest absolute Gasteiger partial charge is 0.510 e. The predicted octanol–water partition coefficient (Wildman–Crippen LogP) is 18.3. The summed E-state index contributed by atoms with van der Waals surface area (Å²) in [6.45, 7) is 13.0. The molecular weight excluding hydrogens is 1170 g/mol. The summed E-state index contributed by atoms with van der Waals surface area (Å²) in [7, 11) is 0. The summed E-state index contributed by atoms with van der Waals surface area (Å²) in [5, 5.41) is 4.04. The molecule has 4 aromatic heterocycles. The first kappa shape index (κ1) is 41.9. The Labute approximate surface area is 497 Å². The molecular formula is C74H55N5OPt-2. The second kappa shape index (κ2) is 19.0. The molecule has 6 nitrogen and oxygen atoms in total. The van der Waals surface area contributed by atoms with Gasteiger partial charge in [-0.25, -0.2) is 4.98 Å². The fraction of sp³-hybridized carbons (Fsp3) is 0.108. The van der Waals surface area contributed by atoms with E-state index in [9.17, 15) is 11.0 Å². The Morgan fingerprint density at radius 3 is 1.70 bits per heavy atom. The van der Waals surface area contributed by atoms with Crippen molar-refractivity contribution in [2.24, 2.45) is 0 Å². The van der Waals surface area contributed by atoms with Gasteiger partial charge >= 0.3 is 0 Å². The van der Waals surface area contributed by atoms with Crippen molar-refractivity contribution in [3.63, 3.8) is 0 Å². The van der Waals surface area contributed by atoms with Crippen LogP contribution in [0.4, 0.5) is 0 Å². The Hall–Kier alpha value is -9.09. The van der Waals surface area contributed by atoms with E-state index in [1.54, 1.807) is 0 Å². The van der Waals surface area contributed by atoms with Gasteiger partial charge in [-0.3, -0.25) is 4.57 Å². The second-order valence-electron chi connectivity index (χ2n) is 22.6. The van der Waals surface area contributed by atoms with Gasteiger partial charge in [0.25, 0.3) is 6.33 Å². The van der Waals surface area contributed by atoms with Crippen LogP contribution < -0.4 is 9.30 Å². The number of aromatic nitrogens is 5. The fourth-order valence-corrected chi connectivity index (χ4v) is 11.8. The molecule has 394 valence electrons. The Bertz CT molecular complexity index is 5270. The van der Waals surface area contributed by atoms with E-state index in [0.717, 1.165) is 66.1 Å². The van der Waals surface area contributed by atoms with Gasteiger partial charge in [-0.15, -0.1) is 29.7 Å². The van der Waals surface area contributed by atoms with Gasteiger partial charge in [-0.05, 0) is 120 Å². The van der Waals surface area contributed by atoms with Crippen LogP contribution in [0.3, 0.4) is 0 Å². The molecule has 7 heteroatoms. The fourth-order valence-electron chi connectivity index (χ4n) is 11.8. The van der Waals surface area contributed by atoms with Crippen molar-refractivity contribution in [3.8, 4) is 78.9 Å². The van der Waals surface area contributed by atoms with Gasteiger partial charge in [0.15, 0.2) is 0 Å². The summed E-state index contributed by atoms with van der Waals surface area (Å²) in [6.07, 6.45) is 5.63. The first-order valence-electron chi connectivity index (χ1n) is 30.9. The number of fused-ring (bicyclic) bond motifs is 13. The summed E-state index contributed by atoms with van der Waals surface area (Å²) < 4.78 is 91.7. The van der Waals surface area contributed by atoms with E-state index < -0.39 is 36.3 Å². The number of para-hydroxylation sites is 4. The summed E-state index contributed by atoms with van der Waals surface area (Å²) in [5.41, 5.74) is 10.5. The third-order valence-corrected chi connectivity index (χ3v) is 15.7. The Morgan fingerprint density at radius 1 is 0.481 bits per heavy atom. The van der Waals surface area contributed by atoms with Gasteiger partial charge in [0.05, 0.1) is 38.7 Å². The number of imidazole rings is 1. The molecule has 0 atom stereocenters. The third-order valence-electron chi connectivity index (χ3n) is 15.7. The van der Waals surface area contributed by atoms with Gasteiger partial charge in [0.1, 0.15) is 5.82 Å². The number of rotatable bonds is 6. The normalized spacial score (nSPS) is 13.6. The maximum atomic E-state index is 10.1. The summed E-state index contributed by atoms with van der Waals surface area (Å²) in [4.78, 5) is 4.89. The smallest absolute Gasteiger partial charge is 0.268 e. The number of hydrogen-bond donors (Lipinski definition) is 0. The van der Waals surface area contributed by atoms with E-state index in [-0.39, 0.29) is 66.2 Å². The van der Waals surface area contributed by atoms with Crippen LogP contribution in [0.5, 0.6) is 11.5 Å². The van der Waals surface area contributed by atoms with Crippen LogP contribution in [0.1, 0.15) is 63.6 Å². The molecule has 0 N–H and O–H groups in total. The quantitative estimate of drug-likeness (QED) is 0.123. The zero-order valence-corrected chi connectivity index (χ0v) is 47.5. The van der Waals surface area contributed by atoms with Crippen LogP contribution in [0.2, 0.25) is 0 Å². The third kappa shape index (κ3) is 8.18. The van der Waals surface area contributed by atoms with E-state index in [2.05, 4.69) is 148 Å². The maximum Gasteiger partial charge on any atom is 0.268 e. The molecule has 0 spiro atoms. The summed E-state index contributed by atoms with van der Waals surface area (Å²) in [6, 6.07) is 59.8. The van der Waals surface area contributed by atoms with Crippen LogP contribution in [0.15, 0.2) is 224 Å². The second-order valence-corrected chi connectivity index (χ2v) is 22.6. The molecule has 14 aromatic rings. The Kier molecular flexibility index (Phi) is 9.85. The zero-order chi connectivity index (χ0) is 61.0. The first-order chi connectivity index (χ1) is 42.3. The van der Waals surface area contributed by atoms with Gasteiger partial charge < -0.3 is 18.4 Å². The van der Waals surface area contributed by atoms with Crippen molar-refractivity contribution < 1.29 is 41.3 Å². The molecule has 0 radical (unpaired) electrons. The van der Waals surface area contributed by atoms with E-state index in [1.807, 2.05) is 106 Å². The van der Waals surface area contributed by atoms with Crippen LogP contribution in [-0.4, -0.2) is 18.7 Å². The summed E-state index contributed by atoms with van der Waals surface area (Å²) in [5.74, 6) is 1.57. The Balaban J connectivity index is 0.00000694. The van der Waals surface area contributed by atoms with Crippen molar-refractivity contribution >= 4 is 54.6 Å². The van der Waals surface area contributed by atoms with Crippen molar-refractivity contribution in [2.75, 3.05) is 0 Å². The minimum Gasteiger partial charge on any atom is -0.510 e. The number of hydrogen-bond acceptors (Lipinski definition) is 2. The molecule has 1 aliphatic rings. The molecule has 0 unspecified atom stereocenters. The molecule has 15 rings (SSSR count). The monoisotopic (exact) mass is 1230 g/mol. The van der Waals surface area contributed by atoms with Gasteiger partial charge in [-0.1, -0.05) is 192 Å².